The summed E-state index contributed by atoms with van der Waals surface area (Å²) in [6.45, 7) is -0.420. The number of nitro groups is 1. The highest BCUT2D eigenvalue weighted by Gasteiger charge is 2.11. The fourth-order valence-corrected chi connectivity index (χ4v) is 3.02. The quantitative estimate of drug-likeness (QED) is 0.297. The van der Waals surface area contributed by atoms with Gasteiger partial charge in [0, 0.05) is 41.7 Å². The molecule has 0 heterocycles. The molecule has 0 saturated heterocycles. The third kappa shape index (κ3) is 6.36. The van der Waals surface area contributed by atoms with Crippen molar-refractivity contribution in [2.24, 2.45) is 0 Å². The standard InChI is InChI=1S/C23H21N3O6/c27-21(24-17-11-13-18(14-12-17)26(30)31)9-4-10-23(29)32-15-22(28)25-20-8-3-6-16-5-1-2-7-19(16)20/h1-3,5-8,11-14H,4,9-10,15H2,(H,24,27)(H,25,28). The smallest absolute Gasteiger partial charge is 0.306 e. The average Bonchev–Trinajstić information content (AvgIpc) is 2.78. The van der Waals surface area contributed by atoms with E-state index >= 15 is 0 Å². The number of amides is 2. The van der Waals surface area contributed by atoms with E-state index in [0.717, 1.165) is 10.8 Å². The van der Waals surface area contributed by atoms with Crippen LogP contribution in [0.4, 0.5) is 17.1 Å². The molecule has 0 spiro atoms. The number of hydrogen-bond donors (Lipinski definition) is 2. The van der Waals surface area contributed by atoms with Crippen molar-refractivity contribution in [3.63, 3.8) is 0 Å². The lowest BCUT2D eigenvalue weighted by Gasteiger charge is -2.09. The zero-order chi connectivity index (χ0) is 22.9. The lowest BCUT2D eigenvalue weighted by atomic mass is 10.1. The van der Waals surface area contributed by atoms with Crippen molar-refractivity contribution < 1.29 is 24.0 Å². The van der Waals surface area contributed by atoms with Gasteiger partial charge in [-0.05, 0) is 30.0 Å². The third-order valence-corrected chi connectivity index (χ3v) is 4.57. The summed E-state index contributed by atoms with van der Waals surface area (Å²) in [6, 6.07) is 18.6. The number of hydrogen-bond acceptors (Lipinski definition) is 6. The van der Waals surface area contributed by atoms with Crippen molar-refractivity contribution in [2.45, 2.75) is 19.3 Å². The van der Waals surface area contributed by atoms with Crippen LogP contribution >= 0.6 is 0 Å². The number of anilines is 2. The minimum atomic E-state index is -0.582. The average molecular weight is 435 g/mol. The minimum absolute atomic E-state index is 0.0186. The van der Waals surface area contributed by atoms with Gasteiger partial charge < -0.3 is 15.4 Å². The number of nitrogens with one attached hydrogen (secondary N) is 2. The Morgan fingerprint density at radius 1 is 0.844 bits per heavy atom. The van der Waals surface area contributed by atoms with E-state index < -0.39 is 23.4 Å². The molecule has 0 aliphatic heterocycles. The second-order valence-corrected chi connectivity index (χ2v) is 6.94. The van der Waals surface area contributed by atoms with Gasteiger partial charge in [0.15, 0.2) is 6.61 Å². The Kier molecular flexibility index (Phi) is 7.47. The van der Waals surface area contributed by atoms with Crippen LogP contribution in [0.15, 0.2) is 66.7 Å². The first-order valence-corrected chi connectivity index (χ1v) is 9.90. The lowest BCUT2D eigenvalue weighted by molar-refractivity contribution is -0.384. The highest BCUT2D eigenvalue weighted by atomic mass is 16.6. The molecular formula is C23H21N3O6. The van der Waals surface area contributed by atoms with Gasteiger partial charge in [0.25, 0.3) is 11.6 Å². The normalized spacial score (nSPS) is 10.4. The lowest BCUT2D eigenvalue weighted by Crippen LogP contribution is -2.21. The molecule has 9 nitrogen and oxygen atoms in total. The Labute approximate surface area is 183 Å². The summed E-state index contributed by atoms with van der Waals surface area (Å²) in [5, 5.41) is 17.8. The van der Waals surface area contributed by atoms with Gasteiger partial charge in [0.05, 0.1) is 4.92 Å². The molecule has 0 unspecified atom stereocenters. The Bertz CT molecular complexity index is 1140. The molecular weight excluding hydrogens is 414 g/mol. The van der Waals surface area contributed by atoms with E-state index in [0.29, 0.717) is 11.4 Å². The molecule has 0 aliphatic carbocycles. The fourth-order valence-electron chi connectivity index (χ4n) is 3.02. The molecule has 3 rings (SSSR count). The van der Waals surface area contributed by atoms with Gasteiger partial charge >= 0.3 is 5.97 Å². The SMILES string of the molecule is O=C(CCCC(=O)OCC(=O)Nc1cccc2ccccc12)Nc1ccc([N+](=O)[O-])cc1. The van der Waals surface area contributed by atoms with E-state index in [4.69, 9.17) is 4.74 Å². The molecule has 0 aromatic heterocycles. The fraction of sp³-hybridized carbons (Fsp3) is 0.174. The van der Waals surface area contributed by atoms with Gasteiger partial charge in [-0.3, -0.25) is 24.5 Å². The summed E-state index contributed by atoms with van der Waals surface area (Å²) in [5.74, 6) is -1.37. The number of nitrogens with zero attached hydrogens (tertiary/aromatic N) is 1. The van der Waals surface area contributed by atoms with E-state index in [1.807, 2.05) is 36.4 Å². The molecule has 0 aliphatic rings. The van der Waals surface area contributed by atoms with E-state index in [1.165, 1.54) is 24.3 Å². The molecule has 0 radical (unpaired) electrons. The van der Waals surface area contributed by atoms with Crippen molar-refractivity contribution in [1.82, 2.24) is 0 Å². The molecule has 0 atom stereocenters. The summed E-state index contributed by atoms with van der Waals surface area (Å²) < 4.78 is 4.98. The molecule has 2 N–H and O–H groups in total. The number of esters is 1. The first-order valence-electron chi connectivity index (χ1n) is 9.90. The Balaban J connectivity index is 1.37. The van der Waals surface area contributed by atoms with Crippen molar-refractivity contribution in [3.05, 3.63) is 76.8 Å². The highest BCUT2D eigenvalue weighted by Crippen LogP contribution is 2.22. The van der Waals surface area contributed by atoms with Crippen LogP contribution in [-0.2, 0) is 19.1 Å². The zero-order valence-corrected chi connectivity index (χ0v) is 17.1. The van der Waals surface area contributed by atoms with Crippen molar-refractivity contribution in [2.75, 3.05) is 17.2 Å². The maximum atomic E-state index is 12.1. The number of fused-ring (bicyclic) bond motifs is 1. The summed E-state index contributed by atoms with van der Waals surface area (Å²) in [6.07, 6.45) is 0.284. The Hall–Kier alpha value is -4.27. The van der Waals surface area contributed by atoms with E-state index in [9.17, 15) is 24.5 Å². The molecule has 3 aromatic carbocycles. The number of carbonyl (C=O) groups excluding carboxylic acids is 3. The monoisotopic (exact) mass is 435 g/mol. The first-order chi connectivity index (χ1) is 15.4. The predicted octanol–water partition coefficient (Wildman–Crippen LogP) is 4.04. The number of carbonyl (C=O) groups is 3. The number of nitro benzene ring substituents is 1. The van der Waals surface area contributed by atoms with Crippen LogP contribution < -0.4 is 10.6 Å². The largest absolute Gasteiger partial charge is 0.456 e. The highest BCUT2D eigenvalue weighted by molar-refractivity contribution is 6.02. The predicted molar refractivity (Wildman–Crippen MR) is 119 cm³/mol. The van der Waals surface area contributed by atoms with Crippen LogP contribution in [0.5, 0.6) is 0 Å². The maximum Gasteiger partial charge on any atom is 0.306 e. The van der Waals surface area contributed by atoms with Gasteiger partial charge in [-0.1, -0.05) is 36.4 Å². The Morgan fingerprint density at radius 2 is 1.56 bits per heavy atom. The van der Waals surface area contributed by atoms with Gasteiger partial charge in [0.2, 0.25) is 5.91 Å². The maximum absolute atomic E-state index is 12.1. The van der Waals surface area contributed by atoms with Crippen LogP contribution in [0, 0.1) is 10.1 Å². The molecule has 9 heteroatoms. The second kappa shape index (κ2) is 10.7. The molecule has 0 fully saturated rings. The van der Waals surface area contributed by atoms with Crippen molar-refractivity contribution in [3.8, 4) is 0 Å². The van der Waals surface area contributed by atoms with Gasteiger partial charge in [-0.2, -0.15) is 0 Å². The van der Waals surface area contributed by atoms with Crippen LogP contribution in [0.1, 0.15) is 19.3 Å². The number of non-ortho nitro benzene ring substituents is 1. The van der Waals surface area contributed by atoms with E-state index in [-0.39, 0.29) is 30.9 Å². The zero-order valence-electron chi connectivity index (χ0n) is 17.1. The molecule has 164 valence electrons. The summed E-state index contributed by atoms with van der Waals surface area (Å²) in [4.78, 5) is 46.0. The number of rotatable bonds is 9. The van der Waals surface area contributed by atoms with Crippen molar-refractivity contribution in [1.29, 1.82) is 0 Å². The molecule has 2 amide bonds. The summed E-state index contributed by atoms with van der Waals surface area (Å²) in [5.41, 5.74) is 0.982. The van der Waals surface area contributed by atoms with Gasteiger partial charge in [-0.25, -0.2) is 0 Å². The number of ether oxygens (including phenoxy) is 1. The molecule has 32 heavy (non-hydrogen) atoms. The van der Waals surface area contributed by atoms with Crippen LogP contribution in [0.2, 0.25) is 0 Å². The van der Waals surface area contributed by atoms with Crippen LogP contribution in [0.25, 0.3) is 10.8 Å². The summed E-state index contributed by atoms with van der Waals surface area (Å²) >= 11 is 0. The molecule has 0 bridgehead atoms. The van der Waals surface area contributed by atoms with Crippen LogP contribution in [0.3, 0.4) is 0 Å². The minimum Gasteiger partial charge on any atom is -0.456 e. The third-order valence-electron chi connectivity index (χ3n) is 4.57. The molecule has 3 aromatic rings. The Morgan fingerprint density at radius 3 is 2.31 bits per heavy atom. The van der Waals surface area contributed by atoms with E-state index in [1.54, 1.807) is 6.07 Å². The second-order valence-electron chi connectivity index (χ2n) is 6.94. The van der Waals surface area contributed by atoms with E-state index in [2.05, 4.69) is 10.6 Å². The summed E-state index contributed by atoms with van der Waals surface area (Å²) in [7, 11) is 0. The van der Waals surface area contributed by atoms with Gasteiger partial charge in [-0.15, -0.1) is 0 Å². The topological polar surface area (TPSA) is 128 Å². The first kappa shape index (κ1) is 22.4. The number of benzene rings is 3. The molecule has 0 saturated carbocycles. The van der Waals surface area contributed by atoms with Gasteiger partial charge in [0.1, 0.15) is 0 Å². The van der Waals surface area contributed by atoms with Crippen LogP contribution in [-0.4, -0.2) is 29.3 Å². The van der Waals surface area contributed by atoms with Crippen molar-refractivity contribution >= 4 is 45.6 Å².